The molecule has 6 aliphatic rings. The molecule has 12 rings (SSSR count). The first kappa shape index (κ1) is 40.5. The Morgan fingerprint density at radius 2 is 1.63 bits per heavy atom. The molecule has 2 aromatic heterocycles. The molecule has 0 saturated carbocycles. The van der Waals surface area contributed by atoms with Crippen molar-refractivity contribution in [3.63, 3.8) is 0 Å². The highest BCUT2D eigenvalue weighted by Crippen LogP contribution is 2.55. The number of nitrogens with zero attached hydrogens (tertiary/aromatic N) is 4. The fourth-order valence-corrected chi connectivity index (χ4v) is 13.6. The van der Waals surface area contributed by atoms with Crippen molar-refractivity contribution in [2.75, 3.05) is 7.05 Å². The second-order valence-electron chi connectivity index (χ2n) is 20.3. The molecular weight excluding hydrogens is 809 g/mol. The van der Waals surface area contributed by atoms with Gasteiger partial charge in [0.25, 0.3) is 0 Å². The summed E-state index contributed by atoms with van der Waals surface area (Å²) < 4.78 is 5.12. The Morgan fingerprint density at radius 3 is 2.49 bits per heavy atom. The van der Waals surface area contributed by atoms with Crippen molar-refractivity contribution in [3.05, 3.63) is 191 Å². The Balaban J connectivity index is 0.929. The molecule has 4 aliphatic carbocycles. The fraction of sp³-hybridized carbons (Fsp3) is 0.283. The average molecular weight is 867 g/mol. The quantitative estimate of drug-likeness (QED) is 0.167. The summed E-state index contributed by atoms with van der Waals surface area (Å²) in [6.45, 7) is 14.4. The summed E-state index contributed by atoms with van der Waals surface area (Å²) in [5.74, 6) is 1.41. The first-order chi connectivity index (χ1) is 31.5. The zero-order valence-electron chi connectivity index (χ0n) is 38.7. The Kier molecular flexibility index (Phi) is 9.34. The van der Waals surface area contributed by atoms with Gasteiger partial charge in [-0.25, -0.2) is 4.99 Å². The van der Waals surface area contributed by atoms with Gasteiger partial charge in [-0.2, -0.15) is 0 Å². The zero-order chi connectivity index (χ0) is 44.4. The van der Waals surface area contributed by atoms with Crippen LogP contribution in [0.5, 0.6) is 0 Å². The molecule has 6 aromatic rings. The number of para-hydroxylation sites is 1. The van der Waals surface area contributed by atoms with Crippen molar-refractivity contribution in [2.45, 2.75) is 94.0 Å². The van der Waals surface area contributed by atoms with Crippen LogP contribution >= 0.6 is 11.8 Å². The summed E-state index contributed by atoms with van der Waals surface area (Å²) in [5, 5.41) is 2.95. The maximum Gasteiger partial charge on any atom is 0.203 e. The van der Waals surface area contributed by atoms with E-state index in [2.05, 4.69) is 221 Å². The summed E-state index contributed by atoms with van der Waals surface area (Å²) in [7, 11) is 2.15. The summed E-state index contributed by atoms with van der Waals surface area (Å²) >= 11 is 2.00. The van der Waals surface area contributed by atoms with Crippen molar-refractivity contribution < 1.29 is 0 Å². The number of hydrogen-bond acceptors (Lipinski definition) is 3. The topological polar surface area (TPSA) is 25.5 Å². The van der Waals surface area contributed by atoms with Gasteiger partial charge in [0.2, 0.25) is 6.29 Å². The third kappa shape index (κ3) is 6.14. The van der Waals surface area contributed by atoms with E-state index in [0.717, 1.165) is 30.5 Å². The van der Waals surface area contributed by atoms with Gasteiger partial charge in [-0.15, -0.1) is 11.8 Å². The third-order valence-corrected chi connectivity index (χ3v) is 17.2. The van der Waals surface area contributed by atoms with Gasteiger partial charge in [0, 0.05) is 67.9 Å². The predicted octanol–water partition coefficient (Wildman–Crippen LogP) is 15.0. The number of thioether (sulfide) groups is 1. The molecule has 0 N–H and O–H groups in total. The minimum absolute atomic E-state index is 0.0117. The first-order valence-corrected chi connectivity index (χ1v) is 24.7. The number of hydrogen-bond donors (Lipinski definition) is 0. The molecule has 0 bridgehead atoms. The molecule has 4 nitrogen and oxygen atoms in total. The van der Waals surface area contributed by atoms with Gasteiger partial charge >= 0.3 is 0 Å². The second kappa shape index (κ2) is 15.0. The normalized spacial score (nSPS) is 26.3. The van der Waals surface area contributed by atoms with Gasteiger partial charge in [0.1, 0.15) is 0 Å². The van der Waals surface area contributed by atoms with E-state index in [0.29, 0.717) is 23.0 Å². The lowest BCUT2D eigenvalue weighted by Gasteiger charge is -2.32. The number of aliphatic imine (C=N–C) groups is 1. The van der Waals surface area contributed by atoms with Crippen molar-refractivity contribution in [3.8, 4) is 11.1 Å². The molecule has 6 atom stereocenters. The lowest BCUT2D eigenvalue weighted by atomic mass is 9.71. The number of fused-ring (bicyclic) bond motifs is 9. The molecule has 0 saturated heterocycles. The standard InChI is InChI=1S/C60H58N4S/c1-37(2)43-27-25-39(4)55-47-36-59(5,32-29-53(47)63(56(43)55)50-22-10-8-16-38(50)3)42-26-28-52-46(35-42)45-19-9-11-23-51(45)64(52)58-61-49(30-33-62(58)7)41-18-14-17-40(34-41)44-20-15-21-48-57(44)65-54-24-12-13-31-60(48,54)6/h8-15,17-24,26-35,37-39,54,58H,16,25,36H2,1-7H3. The number of benzene rings is 4. The minimum Gasteiger partial charge on any atom is -0.342 e. The van der Waals surface area contributed by atoms with Crippen LogP contribution in [0.25, 0.3) is 50.3 Å². The smallest absolute Gasteiger partial charge is 0.203 e. The maximum absolute atomic E-state index is 5.58. The predicted molar refractivity (Wildman–Crippen MR) is 277 cm³/mol. The molecule has 0 spiro atoms. The SMILES string of the molecule is CC(C)C1=CCC(C)c2c3c(n(C4=CC=CCC4C)c21)C=CC(C)(c1ccc2c(c1)c1ccccc1n2C1N=C(c2cccc(-c4cccc5c4SC4C=CC=CC54C)c2)C=CN1C)C3. The molecule has 0 amide bonds. The van der Waals surface area contributed by atoms with Crippen molar-refractivity contribution in [2.24, 2.45) is 16.8 Å². The van der Waals surface area contributed by atoms with Crippen LogP contribution < -0.4 is 0 Å². The first-order valence-electron chi connectivity index (χ1n) is 23.8. The van der Waals surface area contributed by atoms with Crippen LogP contribution in [0.4, 0.5) is 0 Å². The fourth-order valence-electron chi connectivity index (χ4n) is 12.0. The molecule has 6 unspecified atom stereocenters. The lowest BCUT2D eigenvalue weighted by molar-refractivity contribution is 0.266. The highest BCUT2D eigenvalue weighted by molar-refractivity contribution is 8.00. The monoisotopic (exact) mass is 866 g/mol. The maximum atomic E-state index is 5.58. The summed E-state index contributed by atoms with van der Waals surface area (Å²) in [4.78, 5) is 9.22. The highest BCUT2D eigenvalue weighted by atomic mass is 32.2. The van der Waals surface area contributed by atoms with Crippen LogP contribution in [-0.2, 0) is 17.3 Å². The molecule has 65 heavy (non-hydrogen) atoms. The Morgan fingerprint density at radius 1 is 0.800 bits per heavy atom. The largest absolute Gasteiger partial charge is 0.342 e. The van der Waals surface area contributed by atoms with Crippen LogP contribution in [0.3, 0.4) is 0 Å². The Bertz CT molecular complexity index is 3240. The van der Waals surface area contributed by atoms with E-state index in [1.807, 2.05) is 11.8 Å². The van der Waals surface area contributed by atoms with Gasteiger partial charge in [-0.3, -0.25) is 0 Å². The van der Waals surface area contributed by atoms with E-state index in [1.165, 1.54) is 77.2 Å². The van der Waals surface area contributed by atoms with E-state index in [4.69, 9.17) is 4.99 Å². The van der Waals surface area contributed by atoms with Crippen LogP contribution in [0, 0.1) is 11.8 Å². The van der Waals surface area contributed by atoms with Crippen molar-refractivity contribution in [1.82, 2.24) is 14.0 Å². The van der Waals surface area contributed by atoms with E-state index < -0.39 is 0 Å². The Hall–Kier alpha value is -6.04. The number of rotatable bonds is 6. The summed E-state index contributed by atoms with van der Waals surface area (Å²) in [5.41, 5.74) is 18.6. The van der Waals surface area contributed by atoms with Gasteiger partial charge in [0.05, 0.1) is 22.4 Å². The highest BCUT2D eigenvalue weighted by Gasteiger charge is 2.43. The van der Waals surface area contributed by atoms with E-state index >= 15 is 0 Å². The van der Waals surface area contributed by atoms with Gasteiger partial charge in [0.15, 0.2) is 0 Å². The third-order valence-electron chi connectivity index (χ3n) is 15.7. The van der Waals surface area contributed by atoms with Gasteiger partial charge < -0.3 is 14.0 Å². The minimum atomic E-state index is -0.250. The van der Waals surface area contributed by atoms with E-state index in [-0.39, 0.29) is 17.1 Å². The van der Waals surface area contributed by atoms with Crippen LogP contribution in [0.15, 0.2) is 162 Å². The van der Waals surface area contributed by atoms with Crippen LogP contribution in [0.2, 0.25) is 0 Å². The molecular formula is C60H58N4S. The lowest BCUT2D eigenvalue weighted by Crippen LogP contribution is -2.28. The van der Waals surface area contributed by atoms with Gasteiger partial charge in [-0.1, -0.05) is 151 Å². The molecule has 2 aliphatic heterocycles. The molecule has 324 valence electrons. The molecule has 5 heteroatoms. The second-order valence-corrected chi connectivity index (χ2v) is 21.4. The number of aromatic nitrogens is 2. The van der Waals surface area contributed by atoms with E-state index in [1.54, 1.807) is 5.56 Å². The summed E-state index contributed by atoms with van der Waals surface area (Å²) in [6.07, 6.45) is 30.9. The molecule has 0 fully saturated rings. The van der Waals surface area contributed by atoms with Crippen LogP contribution in [0.1, 0.15) is 106 Å². The zero-order valence-corrected chi connectivity index (χ0v) is 39.5. The Labute approximate surface area is 388 Å². The summed E-state index contributed by atoms with van der Waals surface area (Å²) in [6, 6.07) is 32.1. The molecule has 4 heterocycles. The van der Waals surface area contributed by atoms with E-state index in [9.17, 15) is 0 Å². The average Bonchev–Trinajstić information content (AvgIpc) is 3.94. The van der Waals surface area contributed by atoms with Crippen molar-refractivity contribution in [1.29, 1.82) is 0 Å². The molecule has 4 aromatic carbocycles. The van der Waals surface area contributed by atoms with Crippen molar-refractivity contribution >= 4 is 56.6 Å². The number of allylic oxidation sites excluding steroid dienone is 11. The van der Waals surface area contributed by atoms with Crippen LogP contribution in [-0.4, -0.2) is 32.0 Å². The molecule has 0 radical (unpaired) electrons. The van der Waals surface area contributed by atoms with Gasteiger partial charge in [-0.05, 0) is 113 Å².